The third-order valence-corrected chi connectivity index (χ3v) is 5.15. The quantitative estimate of drug-likeness (QED) is 0.622. The van der Waals surface area contributed by atoms with Crippen molar-refractivity contribution in [3.05, 3.63) is 64.3 Å². The van der Waals surface area contributed by atoms with E-state index in [4.69, 9.17) is 11.6 Å². The van der Waals surface area contributed by atoms with Gasteiger partial charge in [-0.1, -0.05) is 29.8 Å². The van der Waals surface area contributed by atoms with Gasteiger partial charge in [0.1, 0.15) is 0 Å². The summed E-state index contributed by atoms with van der Waals surface area (Å²) in [6, 6.07) is 13.4. The lowest BCUT2D eigenvalue weighted by atomic mass is 9.94. The highest BCUT2D eigenvalue weighted by molar-refractivity contribution is 6.53. The topological polar surface area (TPSA) is 69.6 Å². The van der Waals surface area contributed by atoms with E-state index in [1.165, 1.54) is 5.56 Å². The van der Waals surface area contributed by atoms with Crippen LogP contribution in [0.2, 0.25) is 5.02 Å². The SMILES string of the molecule is O=C1Nc2ccccc2/C1=N\N=C1CCCc2c1[nH]c1ccc(Cl)cc21. The lowest BCUT2D eigenvalue weighted by Crippen LogP contribution is -2.15. The molecule has 0 saturated carbocycles. The van der Waals surface area contributed by atoms with Crippen LogP contribution in [-0.4, -0.2) is 22.3 Å². The number of aromatic amines is 1. The zero-order chi connectivity index (χ0) is 17.7. The fraction of sp³-hybridized carbons (Fsp3) is 0.150. The highest BCUT2D eigenvalue weighted by Gasteiger charge is 2.26. The molecule has 2 heterocycles. The van der Waals surface area contributed by atoms with Crippen molar-refractivity contribution < 1.29 is 4.79 Å². The number of carbonyl (C=O) groups is 1. The van der Waals surface area contributed by atoms with Crippen LogP contribution in [0.15, 0.2) is 52.7 Å². The Morgan fingerprint density at radius 1 is 1.04 bits per heavy atom. The Morgan fingerprint density at radius 2 is 1.92 bits per heavy atom. The van der Waals surface area contributed by atoms with Gasteiger partial charge in [0, 0.05) is 21.5 Å². The number of anilines is 1. The van der Waals surface area contributed by atoms with E-state index < -0.39 is 0 Å². The van der Waals surface area contributed by atoms with Gasteiger partial charge in [0.05, 0.1) is 17.1 Å². The number of aromatic nitrogens is 1. The minimum atomic E-state index is -0.213. The number of carbonyl (C=O) groups excluding carboxylic acids is 1. The van der Waals surface area contributed by atoms with Crippen molar-refractivity contribution in [2.75, 3.05) is 5.32 Å². The fourth-order valence-corrected chi connectivity index (χ4v) is 3.87. The minimum Gasteiger partial charge on any atom is -0.353 e. The lowest BCUT2D eigenvalue weighted by molar-refractivity contribution is -0.110. The normalized spacial score (nSPS) is 19.0. The van der Waals surface area contributed by atoms with Crippen molar-refractivity contribution in [3.63, 3.8) is 0 Å². The predicted molar refractivity (Wildman–Crippen MR) is 104 cm³/mol. The molecule has 26 heavy (non-hydrogen) atoms. The van der Waals surface area contributed by atoms with E-state index in [-0.39, 0.29) is 5.91 Å². The number of halogens is 1. The molecule has 6 heteroatoms. The predicted octanol–water partition coefficient (Wildman–Crippen LogP) is 4.30. The highest BCUT2D eigenvalue weighted by Crippen LogP contribution is 2.31. The number of amides is 1. The summed E-state index contributed by atoms with van der Waals surface area (Å²) in [7, 11) is 0. The van der Waals surface area contributed by atoms with Crippen molar-refractivity contribution in [1.29, 1.82) is 0 Å². The molecule has 1 aliphatic heterocycles. The van der Waals surface area contributed by atoms with Crippen LogP contribution in [0.5, 0.6) is 0 Å². The van der Waals surface area contributed by atoms with Gasteiger partial charge in [-0.2, -0.15) is 5.10 Å². The summed E-state index contributed by atoms with van der Waals surface area (Å²) in [6.45, 7) is 0. The molecule has 3 aromatic rings. The van der Waals surface area contributed by atoms with Crippen LogP contribution in [0.4, 0.5) is 5.69 Å². The molecular formula is C20H15ClN4O. The standard InChI is InChI=1S/C20H15ClN4O/c21-11-8-9-16-14(10-11)12-5-3-7-17(18(12)22-16)24-25-19-13-4-1-2-6-15(13)23-20(19)26/h1-2,4,6,8-10,22H,3,5,7H2,(H,23,25,26). The maximum Gasteiger partial charge on any atom is 0.276 e. The van der Waals surface area contributed by atoms with Crippen LogP contribution in [0.25, 0.3) is 10.9 Å². The van der Waals surface area contributed by atoms with E-state index in [9.17, 15) is 4.79 Å². The van der Waals surface area contributed by atoms with Crippen molar-refractivity contribution in [3.8, 4) is 0 Å². The van der Waals surface area contributed by atoms with E-state index >= 15 is 0 Å². The van der Waals surface area contributed by atoms with Crippen molar-refractivity contribution in [1.82, 2.24) is 4.98 Å². The summed E-state index contributed by atoms with van der Waals surface area (Å²) in [6.07, 6.45) is 2.81. The van der Waals surface area contributed by atoms with E-state index in [1.807, 2.05) is 42.5 Å². The number of nitrogens with one attached hydrogen (secondary N) is 2. The van der Waals surface area contributed by atoms with Crippen LogP contribution in [0.3, 0.4) is 0 Å². The van der Waals surface area contributed by atoms with Gasteiger partial charge in [0.15, 0.2) is 5.71 Å². The first-order chi connectivity index (χ1) is 12.7. The average molecular weight is 363 g/mol. The minimum absolute atomic E-state index is 0.213. The molecule has 2 N–H and O–H groups in total. The van der Waals surface area contributed by atoms with E-state index in [2.05, 4.69) is 20.5 Å². The van der Waals surface area contributed by atoms with Crippen molar-refractivity contribution in [2.45, 2.75) is 19.3 Å². The molecule has 5 rings (SSSR count). The number of fused-ring (bicyclic) bond motifs is 4. The Kier molecular flexibility index (Phi) is 3.43. The lowest BCUT2D eigenvalue weighted by Gasteiger charge is -2.13. The van der Waals surface area contributed by atoms with Gasteiger partial charge in [-0.25, -0.2) is 0 Å². The van der Waals surface area contributed by atoms with Gasteiger partial charge in [0.2, 0.25) is 0 Å². The third kappa shape index (κ3) is 2.35. The second-order valence-electron chi connectivity index (χ2n) is 6.52. The number of aryl methyl sites for hydroxylation is 1. The maximum atomic E-state index is 12.2. The number of nitrogens with zero attached hydrogens (tertiary/aromatic N) is 2. The Morgan fingerprint density at radius 3 is 2.85 bits per heavy atom. The molecule has 2 aromatic carbocycles. The highest BCUT2D eigenvalue weighted by atomic mass is 35.5. The Bertz CT molecular complexity index is 1130. The molecule has 5 nitrogen and oxygen atoms in total. The van der Waals surface area contributed by atoms with Crippen molar-refractivity contribution >= 4 is 45.5 Å². The van der Waals surface area contributed by atoms with E-state index in [0.29, 0.717) is 5.71 Å². The molecular weight excluding hydrogens is 348 g/mol. The summed E-state index contributed by atoms with van der Waals surface area (Å²) in [4.78, 5) is 15.6. The van der Waals surface area contributed by atoms with Crippen LogP contribution < -0.4 is 5.32 Å². The zero-order valence-electron chi connectivity index (χ0n) is 13.8. The average Bonchev–Trinajstić information content (AvgIpc) is 3.17. The fourth-order valence-electron chi connectivity index (χ4n) is 3.70. The second kappa shape index (κ2) is 5.81. The first-order valence-corrected chi connectivity index (χ1v) is 8.94. The summed E-state index contributed by atoms with van der Waals surface area (Å²) in [5.74, 6) is -0.213. The Hall–Kier alpha value is -2.92. The molecule has 1 aliphatic carbocycles. The Labute approximate surface area is 154 Å². The van der Waals surface area contributed by atoms with Gasteiger partial charge in [-0.15, -0.1) is 5.10 Å². The number of benzene rings is 2. The molecule has 0 radical (unpaired) electrons. The molecule has 0 atom stereocenters. The zero-order valence-corrected chi connectivity index (χ0v) is 14.6. The smallest absolute Gasteiger partial charge is 0.276 e. The van der Waals surface area contributed by atoms with Gasteiger partial charge in [0.25, 0.3) is 5.91 Å². The molecule has 2 aliphatic rings. The molecule has 0 fully saturated rings. The Balaban J connectivity index is 1.61. The maximum absolute atomic E-state index is 12.2. The van der Waals surface area contributed by atoms with E-state index in [1.54, 1.807) is 0 Å². The van der Waals surface area contributed by atoms with Gasteiger partial charge in [-0.05, 0) is 49.1 Å². The van der Waals surface area contributed by atoms with Crippen LogP contribution in [0, 0.1) is 0 Å². The summed E-state index contributed by atoms with van der Waals surface area (Å²) in [5, 5.41) is 13.4. The molecule has 1 amide bonds. The van der Waals surface area contributed by atoms with E-state index in [0.717, 1.165) is 57.8 Å². The molecule has 0 saturated heterocycles. The van der Waals surface area contributed by atoms with Crippen LogP contribution >= 0.6 is 11.6 Å². The molecule has 128 valence electrons. The van der Waals surface area contributed by atoms with Gasteiger partial charge < -0.3 is 10.3 Å². The number of rotatable bonds is 1. The monoisotopic (exact) mass is 362 g/mol. The number of hydrogen-bond acceptors (Lipinski definition) is 3. The molecule has 0 unspecified atom stereocenters. The molecule has 0 spiro atoms. The molecule has 1 aromatic heterocycles. The van der Waals surface area contributed by atoms with Gasteiger partial charge >= 0.3 is 0 Å². The number of para-hydroxylation sites is 1. The number of hydrogen-bond donors (Lipinski definition) is 2. The third-order valence-electron chi connectivity index (χ3n) is 4.91. The summed E-state index contributed by atoms with van der Waals surface area (Å²) >= 11 is 6.16. The first-order valence-electron chi connectivity index (χ1n) is 8.56. The number of H-pyrrole nitrogens is 1. The first kappa shape index (κ1) is 15.3. The van der Waals surface area contributed by atoms with Crippen molar-refractivity contribution in [2.24, 2.45) is 10.2 Å². The largest absolute Gasteiger partial charge is 0.353 e. The van der Waals surface area contributed by atoms with Gasteiger partial charge in [-0.3, -0.25) is 4.79 Å². The summed E-state index contributed by atoms with van der Waals surface area (Å²) in [5.41, 5.74) is 6.09. The molecule has 0 bridgehead atoms. The summed E-state index contributed by atoms with van der Waals surface area (Å²) < 4.78 is 0. The van der Waals surface area contributed by atoms with Crippen LogP contribution in [-0.2, 0) is 11.2 Å². The second-order valence-corrected chi connectivity index (χ2v) is 6.95. The van der Waals surface area contributed by atoms with Crippen LogP contribution in [0.1, 0.15) is 29.7 Å².